The lowest BCUT2D eigenvalue weighted by atomic mass is 9.68. The molecule has 3 unspecified atom stereocenters. The second-order valence-electron chi connectivity index (χ2n) is 12.5. The number of fused-ring (bicyclic) bond motifs is 3. The molecule has 3 aromatic rings. The molecule has 7 rings (SSSR count). The minimum Gasteiger partial charge on any atom is -0.485 e. The van der Waals surface area contributed by atoms with Gasteiger partial charge in [-0.3, -0.25) is 0 Å². The normalized spacial score (nSPS) is 24.4. The predicted octanol–water partition coefficient (Wildman–Crippen LogP) is 11.5. The first-order valence-electron chi connectivity index (χ1n) is 16.4. The van der Waals surface area contributed by atoms with Gasteiger partial charge in [-0.05, 0) is 100 Å². The third-order valence-corrected chi connectivity index (χ3v) is 9.93. The van der Waals surface area contributed by atoms with Crippen LogP contribution >= 0.6 is 0 Å². The van der Waals surface area contributed by atoms with E-state index in [-0.39, 0.29) is 12.0 Å². The van der Waals surface area contributed by atoms with Gasteiger partial charge in [0.1, 0.15) is 11.9 Å². The summed E-state index contributed by atoms with van der Waals surface area (Å²) in [6, 6.07) is 29.9. The van der Waals surface area contributed by atoms with Crippen LogP contribution in [0.4, 0.5) is 0 Å². The average Bonchev–Trinajstić information content (AvgIpc) is 3.72. The lowest BCUT2D eigenvalue weighted by Crippen LogP contribution is -2.27. The predicted molar refractivity (Wildman–Crippen MR) is 199 cm³/mol. The fourth-order valence-electron chi connectivity index (χ4n) is 7.65. The summed E-state index contributed by atoms with van der Waals surface area (Å²) >= 11 is 0. The van der Waals surface area contributed by atoms with Crippen molar-refractivity contribution in [2.75, 3.05) is 0 Å². The topological polar surface area (TPSA) is 9.23 Å². The molecule has 0 saturated heterocycles. The highest BCUT2D eigenvalue weighted by molar-refractivity contribution is 5.97. The molecule has 1 nitrogen and oxygen atoms in total. The standard InChI is InChI=1S/C46H40O/c1-6-18-41-45(44-30-37-23-14-17-26-43(37)47-44)39-24-15-16-25-40(39)46(41)33(5)38(28-27-31(3)35-19-10-8-11-20-35)32(4)42(46)29-34(7-2)36-21-12-9-13-22-36/h6-30,37,43H,2,5H2,1,3-4H3/b18-6-,31-27+,34-29+,38-28-. The molecule has 47 heavy (non-hydrogen) atoms. The van der Waals surface area contributed by atoms with Gasteiger partial charge in [0.05, 0.1) is 5.41 Å². The molecule has 0 aromatic heterocycles. The molecule has 0 saturated carbocycles. The van der Waals surface area contributed by atoms with Gasteiger partial charge < -0.3 is 4.74 Å². The van der Waals surface area contributed by atoms with E-state index in [0.717, 1.165) is 33.6 Å². The van der Waals surface area contributed by atoms with E-state index in [1.54, 1.807) is 0 Å². The van der Waals surface area contributed by atoms with Crippen molar-refractivity contribution in [2.45, 2.75) is 32.3 Å². The first-order chi connectivity index (χ1) is 23.0. The van der Waals surface area contributed by atoms with Gasteiger partial charge in [0, 0.05) is 11.5 Å². The van der Waals surface area contributed by atoms with Crippen LogP contribution in [-0.2, 0) is 10.2 Å². The highest BCUT2D eigenvalue weighted by Gasteiger charge is 2.54. The fourth-order valence-corrected chi connectivity index (χ4v) is 7.65. The van der Waals surface area contributed by atoms with Crippen LogP contribution in [0.1, 0.15) is 43.0 Å². The van der Waals surface area contributed by atoms with Crippen LogP contribution in [0.5, 0.6) is 0 Å². The zero-order valence-corrected chi connectivity index (χ0v) is 27.4. The number of ether oxygens (including phenoxy) is 1. The molecule has 1 heteroatoms. The molecule has 1 aliphatic heterocycles. The monoisotopic (exact) mass is 608 g/mol. The zero-order chi connectivity index (χ0) is 32.5. The van der Waals surface area contributed by atoms with Crippen LogP contribution in [-0.4, -0.2) is 6.10 Å². The number of rotatable bonds is 7. The van der Waals surface area contributed by atoms with Gasteiger partial charge in [0.25, 0.3) is 0 Å². The zero-order valence-electron chi connectivity index (χ0n) is 27.4. The van der Waals surface area contributed by atoms with E-state index in [0.29, 0.717) is 0 Å². The van der Waals surface area contributed by atoms with Crippen molar-refractivity contribution in [3.63, 3.8) is 0 Å². The second-order valence-corrected chi connectivity index (χ2v) is 12.5. The van der Waals surface area contributed by atoms with Crippen molar-refractivity contribution in [3.05, 3.63) is 221 Å². The summed E-state index contributed by atoms with van der Waals surface area (Å²) in [7, 11) is 0. The third kappa shape index (κ3) is 4.95. The van der Waals surface area contributed by atoms with Crippen LogP contribution in [0.15, 0.2) is 199 Å². The maximum Gasteiger partial charge on any atom is 0.127 e. The van der Waals surface area contributed by atoms with Gasteiger partial charge in [-0.1, -0.05) is 147 Å². The van der Waals surface area contributed by atoms with Crippen LogP contribution in [0, 0.1) is 5.92 Å². The molecular formula is C46H40O. The quantitative estimate of drug-likeness (QED) is 0.243. The van der Waals surface area contributed by atoms with Crippen LogP contribution in [0.25, 0.3) is 16.7 Å². The van der Waals surface area contributed by atoms with Crippen LogP contribution in [0.2, 0.25) is 0 Å². The fraction of sp³-hybridized carbons (Fsp3) is 0.130. The lowest BCUT2D eigenvalue weighted by Gasteiger charge is -2.33. The molecule has 0 radical (unpaired) electrons. The number of allylic oxidation sites excluding steroid dienone is 16. The van der Waals surface area contributed by atoms with E-state index >= 15 is 0 Å². The first-order valence-corrected chi connectivity index (χ1v) is 16.4. The minimum atomic E-state index is -0.616. The summed E-state index contributed by atoms with van der Waals surface area (Å²) in [5.74, 6) is 1.15. The maximum absolute atomic E-state index is 6.74. The summed E-state index contributed by atoms with van der Waals surface area (Å²) in [5, 5.41) is 0. The van der Waals surface area contributed by atoms with E-state index in [4.69, 9.17) is 11.3 Å². The van der Waals surface area contributed by atoms with Crippen molar-refractivity contribution in [2.24, 2.45) is 5.92 Å². The number of hydrogen-bond donors (Lipinski definition) is 0. The van der Waals surface area contributed by atoms with Crippen molar-refractivity contribution in [1.29, 1.82) is 0 Å². The Labute approximate surface area is 279 Å². The number of hydrogen-bond acceptors (Lipinski definition) is 1. The van der Waals surface area contributed by atoms with E-state index < -0.39 is 5.41 Å². The SMILES string of the molecule is C=C/C(=C\C1=C(C)C(=C/C=C(\C)c2ccccc2)/C(=C)C12C(/C=C\C)=C(C1=CC3C=CC=CC3O1)c1ccccc12)c1ccccc1. The van der Waals surface area contributed by atoms with Crippen molar-refractivity contribution in [3.8, 4) is 0 Å². The Hall–Kier alpha value is -5.40. The molecule has 1 spiro atoms. The van der Waals surface area contributed by atoms with Crippen LogP contribution < -0.4 is 0 Å². The molecule has 3 atom stereocenters. The highest BCUT2D eigenvalue weighted by Crippen LogP contribution is 2.64. The van der Waals surface area contributed by atoms with Gasteiger partial charge in [0.15, 0.2) is 0 Å². The summed E-state index contributed by atoms with van der Waals surface area (Å²) in [5.41, 5.74) is 13.4. The molecule has 0 bridgehead atoms. The summed E-state index contributed by atoms with van der Waals surface area (Å²) in [6.45, 7) is 15.7. The van der Waals surface area contributed by atoms with Crippen LogP contribution in [0.3, 0.4) is 0 Å². The highest BCUT2D eigenvalue weighted by atomic mass is 16.5. The summed E-state index contributed by atoms with van der Waals surface area (Å²) in [6.07, 6.45) is 24.1. The Morgan fingerprint density at radius 3 is 2.23 bits per heavy atom. The molecule has 4 aliphatic rings. The number of benzene rings is 3. The molecular weight excluding hydrogens is 569 g/mol. The van der Waals surface area contributed by atoms with Gasteiger partial charge >= 0.3 is 0 Å². The Bertz CT molecular complexity index is 2050. The van der Waals surface area contributed by atoms with Gasteiger partial charge in [-0.2, -0.15) is 0 Å². The summed E-state index contributed by atoms with van der Waals surface area (Å²) in [4.78, 5) is 0. The lowest BCUT2D eigenvalue weighted by molar-refractivity contribution is 0.176. The Kier molecular flexibility index (Phi) is 8.00. The van der Waals surface area contributed by atoms with E-state index in [2.05, 4.69) is 173 Å². The second kappa shape index (κ2) is 12.4. The average molecular weight is 609 g/mol. The maximum atomic E-state index is 6.74. The van der Waals surface area contributed by atoms with Gasteiger partial charge in [-0.25, -0.2) is 0 Å². The van der Waals surface area contributed by atoms with Crippen molar-refractivity contribution in [1.82, 2.24) is 0 Å². The summed E-state index contributed by atoms with van der Waals surface area (Å²) < 4.78 is 6.74. The van der Waals surface area contributed by atoms with Gasteiger partial charge in [0.2, 0.25) is 0 Å². The Morgan fingerprint density at radius 2 is 1.53 bits per heavy atom. The van der Waals surface area contributed by atoms with E-state index in [1.807, 2.05) is 6.08 Å². The van der Waals surface area contributed by atoms with E-state index in [1.165, 1.54) is 39.0 Å². The smallest absolute Gasteiger partial charge is 0.127 e. The molecule has 0 N–H and O–H groups in total. The molecule has 0 amide bonds. The largest absolute Gasteiger partial charge is 0.485 e. The van der Waals surface area contributed by atoms with Gasteiger partial charge in [-0.15, -0.1) is 0 Å². The minimum absolute atomic E-state index is 0.00787. The third-order valence-electron chi connectivity index (χ3n) is 9.93. The Morgan fingerprint density at radius 1 is 0.851 bits per heavy atom. The molecule has 230 valence electrons. The molecule has 3 aromatic carbocycles. The van der Waals surface area contributed by atoms with E-state index in [9.17, 15) is 0 Å². The Balaban J connectivity index is 1.51. The van der Waals surface area contributed by atoms with Crippen molar-refractivity contribution < 1.29 is 4.74 Å². The molecule has 0 fully saturated rings. The van der Waals surface area contributed by atoms with Crippen molar-refractivity contribution >= 4 is 16.7 Å². The molecule has 1 heterocycles. The first kappa shape index (κ1) is 30.3. The molecule has 3 aliphatic carbocycles.